The highest BCUT2D eigenvalue weighted by atomic mass is 16.5. The number of carbonyl (C=O) groups excluding carboxylic acids is 1. The lowest BCUT2D eigenvalue weighted by Crippen LogP contribution is -2.12. The number of carbonyl (C=O) groups is 2. The maximum Gasteiger partial charge on any atom is 0.340 e. The number of ether oxygens (including phenoxy) is 1. The number of hydrogen-bond donors (Lipinski definition) is 2. The van der Waals surface area contributed by atoms with Crippen LogP contribution in [0.4, 0.5) is 5.69 Å². The summed E-state index contributed by atoms with van der Waals surface area (Å²) in [7, 11) is 0. The van der Waals surface area contributed by atoms with Crippen LogP contribution in [0.2, 0.25) is 0 Å². The quantitative estimate of drug-likeness (QED) is 0.597. The minimum absolute atomic E-state index is 0.0458. The Balaban J connectivity index is 2.99. The van der Waals surface area contributed by atoms with Gasteiger partial charge in [-0.1, -0.05) is 12.1 Å². The predicted molar refractivity (Wildman–Crippen MR) is 62.8 cm³/mol. The molecule has 0 aromatic heterocycles. The van der Waals surface area contributed by atoms with Crippen LogP contribution in [0.5, 0.6) is 0 Å². The lowest BCUT2D eigenvalue weighted by molar-refractivity contribution is -0.136. The van der Waals surface area contributed by atoms with Crippen molar-refractivity contribution >= 4 is 17.6 Å². The minimum Gasteiger partial charge on any atom is -0.481 e. The van der Waals surface area contributed by atoms with E-state index in [0.29, 0.717) is 11.3 Å². The molecular weight excluding hydrogens is 222 g/mol. The van der Waals surface area contributed by atoms with E-state index < -0.39 is 11.9 Å². The van der Waals surface area contributed by atoms with E-state index in [1.165, 1.54) is 0 Å². The number of aryl methyl sites for hydroxylation is 1. The SMILES string of the molecule is CCOC(=O)c1c(N)cccc1CCC(=O)O. The highest BCUT2D eigenvalue weighted by Gasteiger charge is 2.16. The van der Waals surface area contributed by atoms with Gasteiger partial charge in [-0.2, -0.15) is 0 Å². The Morgan fingerprint density at radius 2 is 2.12 bits per heavy atom. The Labute approximate surface area is 99.2 Å². The van der Waals surface area contributed by atoms with Crippen molar-refractivity contribution in [2.45, 2.75) is 19.8 Å². The lowest BCUT2D eigenvalue weighted by atomic mass is 10.0. The molecule has 1 aromatic rings. The van der Waals surface area contributed by atoms with Crippen molar-refractivity contribution in [3.8, 4) is 0 Å². The van der Waals surface area contributed by atoms with E-state index in [1.807, 2.05) is 0 Å². The van der Waals surface area contributed by atoms with E-state index in [0.717, 1.165) is 0 Å². The molecule has 0 aliphatic heterocycles. The Morgan fingerprint density at radius 1 is 1.41 bits per heavy atom. The third kappa shape index (κ3) is 3.48. The highest BCUT2D eigenvalue weighted by Crippen LogP contribution is 2.19. The average Bonchev–Trinajstić information content (AvgIpc) is 2.26. The van der Waals surface area contributed by atoms with E-state index in [9.17, 15) is 9.59 Å². The Kier molecular flexibility index (Phi) is 4.51. The summed E-state index contributed by atoms with van der Waals surface area (Å²) >= 11 is 0. The van der Waals surface area contributed by atoms with E-state index >= 15 is 0 Å². The largest absolute Gasteiger partial charge is 0.481 e. The number of nitrogens with two attached hydrogens (primary N) is 1. The summed E-state index contributed by atoms with van der Waals surface area (Å²) in [6.45, 7) is 1.96. The van der Waals surface area contributed by atoms with Crippen LogP contribution in [0.3, 0.4) is 0 Å². The first-order valence-electron chi connectivity index (χ1n) is 5.32. The van der Waals surface area contributed by atoms with Crippen LogP contribution in [0, 0.1) is 0 Å². The minimum atomic E-state index is -0.915. The summed E-state index contributed by atoms with van der Waals surface area (Å²) in [5.74, 6) is -1.42. The molecule has 3 N–H and O–H groups in total. The molecule has 17 heavy (non-hydrogen) atoms. The molecule has 0 amide bonds. The van der Waals surface area contributed by atoms with Crippen LogP contribution in [0.25, 0.3) is 0 Å². The van der Waals surface area contributed by atoms with E-state index in [2.05, 4.69) is 0 Å². The smallest absolute Gasteiger partial charge is 0.340 e. The zero-order chi connectivity index (χ0) is 12.8. The molecule has 92 valence electrons. The van der Waals surface area contributed by atoms with Crippen LogP contribution in [0.1, 0.15) is 29.3 Å². The zero-order valence-corrected chi connectivity index (χ0v) is 9.60. The highest BCUT2D eigenvalue weighted by molar-refractivity contribution is 5.96. The Morgan fingerprint density at radius 3 is 2.71 bits per heavy atom. The van der Waals surface area contributed by atoms with Gasteiger partial charge < -0.3 is 15.6 Å². The van der Waals surface area contributed by atoms with E-state index in [-0.39, 0.29) is 25.0 Å². The molecule has 5 heteroatoms. The van der Waals surface area contributed by atoms with Crippen molar-refractivity contribution in [3.63, 3.8) is 0 Å². The fourth-order valence-electron chi connectivity index (χ4n) is 1.52. The monoisotopic (exact) mass is 237 g/mol. The Bertz CT molecular complexity index is 429. The molecule has 0 saturated heterocycles. The van der Waals surface area contributed by atoms with Gasteiger partial charge in [0.25, 0.3) is 0 Å². The molecule has 0 fully saturated rings. The summed E-state index contributed by atoms with van der Waals surface area (Å²) in [5, 5.41) is 8.63. The van der Waals surface area contributed by atoms with Gasteiger partial charge in [0.1, 0.15) is 0 Å². The summed E-state index contributed by atoms with van der Waals surface area (Å²) in [6, 6.07) is 4.97. The molecule has 0 saturated carbocycles. The van der Waals surface area contributed by atoms with Crippen molar-refractivity contribution in [1.82, 2.24) is 0 Å². The molecule has 0 radical (unpaired) electrons. The van der Waals surface area contributed by atoms with Crippen molar-refractivity contribution in [2.24, 2.45) is 0 Å². The Hall–Kier alpha value is -2.04. The number of aliphatic carboxylic acids is 1. The number of carboxylic acid groups (broad SMARTS) is 1. The molecule has 0 unspecified atom stereocenters. The molecule has 1 aromatic carbocycles. The van der Waals surface area contributed by atoms with Crippen molar-refractivity contribution in [3.05, 3.63) is 29.3 Å². The summed E-state index contributed by atoms with van der Waals surface area (Å²) in [5.41, 5.74) is 6.90. The van der Waals surface area contributed by atoms with Gasteiger partial charge in [-0.25, -0.2) is 4.79 Å². The van der Waals surface area contributed by atoms with Crippen LogP contribution in [-0.2, 0) is 16.0 Å². The number of nitrogen functional groups attached to an aromatic ring is 1. The second kappa shape index (κ2) is 5.89. The van der Waals surface area contributed by atoms with Gasteiger partial charge in [0, 0.05) is 12.1 Å². The van der Waals surface area contributed by atoms with Gasteiger partial charge in [-0.3, -0.25) is 4.79 Å². The van der Waals surface area contributed by atoms with Crippen LogP contribution in [0.15, 0.2) is 18.2 Å². The zero-order valence-electron chi connectivity index (χ0n) is 9.60. The molecule has 0 atom stereocenters. The topological polar surface area (TPSA) is 89.6 Å². The van der Waals surface area contributed by atoms with Gasteiger partial charge >= 0.3 is 11.9 Å². The molecule has 0 spiro atoms. The number of rotatable bonds is 5. The summed E-state index contributed by atoms with van der Waals surface area (Å²) < 4.78 is 4.89. The molecule has 0 heterocycles. The van der Waals surface area contributed by atoms with Crippen LogP contribution in [-0.4, -0.2) is 23.7 Å². The van der Waals surface area contributed by atoms with Gasteiger partial charge in [0.05, 0.1) is 12.2 Å². The molecular formula is C12H15NO4. The number of benzene rings is 1. The molecule has 1 rings (SSSR count). The van der Waals surface area contributed by atoms with Gasteiger partial charge in [-0.05, 0) is 25.0 Å². The first kappa shape index (κ1) is 13.0. The third-order valence-electron chi connectivity index (χ3n) is 2.27. The summed E-state index contributed by atoms with van der Waals surface area (Å²) in [6.07, 6.45) is 0.213. The standard InChI is InChI=1S/C12H15NO4/c1-2-17-12(16)11-8(6-7-10(14)15)4-3-5-9(11)13/h3-5H,2,6-7,13H2,1H3,(H,14,15). The van der Waals surface area contributed by atoms with Crippen molar-refractivity contribution < 1.29 is 19.4 Å². The van der Waals surface area contributed by atoms with Crippen molar-refractivity contribution in [1.29, 1.82) is 0 Å². The molecule has 5 nitrogen and oxygen atoms in total. The van der Waals surface area contributed by atoms with Crippen molar-refractivity contribution in [2.75, 3.05) is 12.3 Å². The maximum atomic E-state index is 11.7. The summed E-state index contributed by atoms with van der Waals surface area (Å²) in [4.78, 5) is 22.2. The van der Waals surface area contributed by atoms with E-state index in [1.54, 1.807) is 25.1 Å². The van der Waals surface area contributed by atoms with Crippen LogP contribution >= 0.6 is 0 Å². The van der Waals surface area contributed by atoms with E-state index in [4.69, 9.17) is 15.6 Å². The molecule has 0 aliphatic carbocycles. The number of carboxylic acids is 1. The lowest BCUT2D eigenvalue weighted by Gasteiger charge is -2.10. The van der Waals surface area contributed by atoms with Gasteiger partial charge in [0.15, 0.2) is 0 Å². The second-order valence-corrected chi connectivity index (χ2v) is 3.50. The number of hydrogen-bond acceptors (Lipinski definition) is 4. The van der Waals surface area contributed by atoms with Gasteiger partial charge in [-0.15, -0.1) is 0 Å². The first-order chi connectivity index (χ1) is 8.06. The third-order valence-corrected chi connectivity index (χ3v) is 2.27. The number of anilines is 1. The fraction of sp³-hybridized carbons (Fsp3) is 0.333. The first-order valence-corrected chi connectivity index (χ1v) is 5.32. The number of esters is 1. The van der Waals surface area contributed by atoms with Gasteiger partial charge in [0.2, 0.25) is 0 Å². The van der Waals surface area contributed by atoms with Crippen LogP contribution < -0.4 is 5.73 Å². The fourth-order valence-corrected chi connectivity index (χ4v) is 1.52. The average molecular weight is 237 g/mol. The molecule has 0 bridgehead atoms. The maximum absolute atomic E-state index is 11.7. The molecule has 0 aliphatic rings. The normalized spacial score (nSPS) is 9.94. The second-order valence-electron chi connectivity index (χ2n) is 3.50. The predicted octanol–water partition coefficient (Wildman–Crippen LogP) is 1.46.